The number of nitrogens with one attached hydrogen (secondary N) is 1. The van der Waals surface area contributed by atoms with Crippen LogP contribution in [0.5, 0.6) is 11.5 Å². The Morgan fingerprint density at radius 2 is 1.77 bits per heavy atom. The van der Waals surface area contributed by atoms with Crippen LogP contribution in [-0.2, 0) is 16.4 Å². The predicted molar refractivity (Wildman–Crippen MR) is 122 cm³/mol. The van der Waals surface area contributed by atoms with Crippen LogP contribution in [0.4, 0.5) is 11.4 Å². The average molecular weight is 437 g/mol. The Labute approximate surface area is 182 Å². The third-order valence-corrected chi connectivity index (χ3v) is 7.15. The van der Waals surface area contributed by atoms with Crippen molar-refractivity contribution in [1.82, 2.24) is 0 Å². The molecule has 0 saturated heterocycles. The molecule has 3 aromatic rings. The highest BCUT2D eigenvalue weighted by atomic mass is 32.2. The molecule has 0 aliphatic carbocycles. The summed E-state index contributed by atoms with van der Waals surface area (Å²) in [5, 5.41) is 2.91. The van der Waals surface area contributed by atoms with Gasteiger partial charge in [0.1, 0.15) is 5.75 Å². The second-order valence-electron chi connectivity index (χ2n) is 7.46. The van der Waals surface area contributed by atoms with E-state index in [2.05, 4.69) is 5.32 Å². The largest absolute Gasteiger partial charge is 0.455 e. The van der Waals surface area contributed by atoms with Crippen molar-refractivity contribution < 1.29 is 17.9 Å². The standard InChI is InChI=1S/C24H24N2O4S/c1-3-31(28,29)26-17(2)15-19-16-18(13-14-22(19)26)24(27)25-21-11-7-8-12-23(21)30-20-9-5-4-6-10-20/h4-14,16-17H,3,15H2,1-2H3,(H,25,27)/t17-/m1/s1. The van der Waals surface area contributed by atoms with E-state index in [4.69, 9.17) is 4.74 Å². The van der Waals surface area contributed by atoms with Crippen molar-refractivity contribution in [2.75, 3.05) is 15.4 Å². The summed E-state index contributed by atoms with van der Waals surface area (Å²) in [6, 6.07) is 21.6. The van der Waals surface area contributed by atoms with Crippen molar-refractivity contribution in [3.8, 4) is 11.5 Å². The molecule has 0 aromatic heterocycles. The monoisotopic (exact) mass is 436 g/mol. The summed E-state index contributed by atoms with van der Waals surface area (Å²) >= 11 is 0. The van der Waals surface area contributed by atoms with Gasteiger partial charge in [-0.25, -0.2) is 8.42 Å². The van der Waals surface area contributed by atoms with Gasteiger partial charge in [-0.1, -0.05) is 30.3 Å². The summed E-state index contributed by atoms with van der Waals surface area (Å²) in [6.45, 7) is 3.51. The normalized spacial score (nSPS) is 15.4. The number of sulfonamides is 1. The minimum absolute atomic E-state index is 0.0389. The Morgan fingerprint density at radius 3 is 2.52 bits per heavy atom. The zero-order valence-electron chi connectivity index (χ0n) is 17.4. The SMILES string of the molecule is CCS(=O)(=O)N1c2ccc(C(=O)Nc3ccccc3Oc3ccccc3)cc2C[C@H]1C. The topological polar surface area (TPSA) is 75.7 Å². The molecule has 0 radical (unpaired) electrons. The molecule has 3 aromatic carbocycles. The third kappa shape index (κ3) is 4.27. The van der Waals surface area contributed by atoms with Gasteiger partial charge in [0.15, 0.2) is 5.75 Å². The molecule has 0 bridgehead atoms. The Morgan fingerprint density at radius 1 is 1.06 bits per heavy atom. The van der Waals surface area contributed by atoms with Gasteiger partial charge >= 0.3 is 0 Å². The van der Waals surface area contributed by atoms with E-state index in [0.29, 0.717) is 34.9 Å². The molecule has 1 atom stereocenters. The van der Waals surface area contributed by atoms with Crippen molar-refractivity contribution in [3.63, 3.8) is 0 Å². The van der Waals surface area contributed by atoms with E-state index in [1.165, 1.54) is 4.31 Å². The van der Waals surface area contributed by atoms with Gasteiger partial charge in [0.25, 0.3) is 5.91 Å². The first kappa shape index (κ1) is 20.9. The molecule has 1 aliphatic heterocycles. The molecule has 0 spiro atoms. The zero-order chi connectivity index (χ0) is 22.0. The van der Waals surface area contributed by atoms with Crippen LogP contribution in [0.15, 0.2) is 72.8 Å². The van der Waals surface area contributed by atoms with Crippen molar-refractivity contribution in [3.05, 3.63) is 83.9 Å². The maximum Gasteiger partial charge on any atom is 0.255 e. The fourth-order valence-corrected chi connectivity index (χ4v) is 5.15. The van der Waals surface area contributed by atoms with E-state index in [0.717, 1.165) is 5.56 Å². The van der Waals surface area contributed by atoms with Gasteiger partial charge in [-0.05, 0) is 68.3 Å². The fraction of sp³-hybridized carbons (Fsp3) is 0.208. The lowest BCUT2D eigenvalue weighted by Gasteiger charge is -2.23. The first-order chi connectivity index (χ1) is 14.9. The zero-order valence-corrected chi connectivity index (χ0v) is 18.2. The number of benzene rings is 3. The third-order valence-electron chi connectivity index (χ3n) is 5.27. The van der Waals surface area contributed by atoms with Crippen molar-refractivity contribution in [2.45, 2.75) is 26.3 Å². The second kappa shape index (κ2) is 8.43. The van der Waals surface area contributed by atoms with E-state index < -0.39 is 10.0 Å². The molecular formula is C24H24N2O4S. The number of anilines is 2. The molecule has 4 rings (SSSR count). The van der Waals surface area contributed by atoms with Crippen molar-refractivity contribution in [2.24, 2.45) is 0 Å². The number of carbonyl (C=O) groups is 1. The highest BCUT2D eigenvalue weighted by molar-refractivity contribution is 7.92. The fourth-order valence-electron chi connectivity index (χ4n) is 3.78. The number of para-hydroxylation sites is 3. The van der Waals surface area contributed by atoms with E-state index in [1.54, 1.807) is 37.3 Å². The summed E-state index contributed by atoms with van der Waals surface area (Å²) in [4.78, 5) is 12.9. The molecular weight excluding hydrogens is 412 g/mol. The molecule has 7 heteroatoms. The van der Waals surface area contributed by atoms with Gasteiger partial charge < -0.3 is 10.1 Å². The van der Waals surface area contributed by atoms with Gasteiger partial charge in [-0.3, -0.25) is 9.10 Å². The van der Waals surface area contributed by atoms with E-state index >= 15 is 0 Å². The average Bonchev–Trinajstić information content (AvgIpc) is 3.11. The summed E-state index contributed by atoms with van der Waals surface area (Å²) < 4.78 is 32.3. The number of amides is 1. The Balaban J connectivity index is 1.57. The van der Waals surface area contributed by atoms with Gasteiger partial charge in [0.2, 0.25) is 10.0 Å². The molecule has 0 fully saturated rings. The smallest absolute Gasteiger partial charge is 0.255 e. The van der Waals surface area contributed by atoms with Crippen LogP contribution in [0.1, 0.15) is 29.8 Å². The molecule has 1 aliphatic rings. The van der Waals surface area contributed by atoms with E-state index in [-0.39, 0.29) is 17.7 Å². The lowest BCUT2D eigenvalue weighted by Crippen LogP contribution is -2.36. The summed E-state index contributed by atoms with van der Waals surface area (Å²) in [7, 11) is -3.36. The van der Waals surface area contributed by atoms with Crippen LogP contribution in [0.25, 0.3) is 0 Å². The molecule has 1 heterocycles. The number of carbonyl (C=O) groups excluding carboxylic acids is 1. The Kier molecular flexibility index (Phi) is 5.69. The van der Waals surface area contributed by atoms with Crippen molar-refractivity contribution in [1.29, 1.82) is 0 Å². The molecule has 6 nitrogen and oxygen atoms in total. The van der Waals surface area contributed by atoms with Crippen LogP contribution >= 0.6 is 0 Å². The first-order valence-corrected chi connectivity index (χ1v) is 11.8. The van der Waals surface area contributed by atoms with E-state index in [9.17, 15) is 13.2 Å². The minimum atomic E-state index is -3.36. The Bertz CT molecular complexity index is 1210. The van der Waals surface area contributed by atoms with Crippen LogP contribution in [0, 0.1) is 0 Å². The van der Waals surface area contributed by atoms with Crippen LogP contribution in [-0.4, -0.2) is 26.1 Å². The first-order valence-electron chi connectivity index (χ1n) is 10.2. The number of hydrogen-bond acceptors (Lipinski definition) is 4. The molecule has 1 N–H and O–H groups in total. The van der Waals surface area contributed by atoms with Crippen LogP contribution < -0.4 is 14.4 Å². The summed E-state index contributed by atoms with van der Waals surface area (Å²) in [5.74, 6) is 0.971. The number of hydrogen-bond donors (Lipinski definition) is 1. The Hall–Kier alpha value is -3.32. The van der Waals surface area contributed by atoms with Crippen LogP contribution in [0.3, 0.4) is 0 Å². The summed E-state index contributed by atoms with van der Waals surface area (Å²) in [6.07, 6.45) is 0.573. The van der Waals surface area contributed by atoms with Gasteiger partial charge in [0.05, 0.1) is 17.1 Å². The van der Waals surface area contributed by atoms with E-state index in [1.807, 2.05) is 49.4 Å². The number of fused-ring (bicyclic) bond motifs is 1. The maximum absolute atomic E-state index is 12.9. The molecule has 31 heavy (non-hydrogen) atoms. The summed E-state index contributed by atoms with van der Waals surface area (Å²) in [5.41, 5.74) is 2.53. The second-order valence-corrected chi connectivity index (χ2v) is 9.59. The minimum Gasteiger partial charge on any atom is -0.455 e. The quantitative estimate of drug-likeness (QED) is 0.600. The number of ether oxygens (including phenoxy) is 1. The lowest BCUT2D eigenvalue weighted by atomic mass is 10.1. The molecule has 1 amide bonds. The lowest BCUT2D eigenvalue weighted by molar-refractivity contribution is 0.102. The number of nitrogens with zero attached hydrogens (tertiary/aromatic N) is 1. The van der Waals surface area contributed by atoms with Crippen LogP contribution in [0.2, 0.25) is 0 Å². The molecule has 0 saturated carbocycles. The maximum atomic E-state index is 12.9. The van der Waals surface area contributed by atoms with Gasteiger partial charge in [-0.2, -0.15) is 0 Å². The molecule has 160 valence electrons. The van der Waals surface area contributed by atoms with Crippen molar-refractivity contribution >= 4 is 27.3 Å². The van der Waals surface area contributed by atoms with Gasteiger partial charge in [-0.15, -0.1) is 0 Å². The molecule has 0 unspecified atom stereocenters. The predicted octanol–water partition coefficient (Wildman–Crippen LogP) is 4.83. The van der Waals surface area contributed by atoms with Gasteiger partial charge in [0, 0.05) is 11.6 Å². The highest BCUT2D eigenvalue weighted by Crippen LogP contribution is 2.36. The highest BCUT2D eigenvalue weighted by Gasteiger charge is 2.34. The number of rotatable bonds is 6.